The lowest BCUT2D eigenvalue weighted by Gasteiger charge is -2.05. The average Bonchev–Trinajstić information content (AvgIpc) is 3.01. The number of amides is 1. The highest BCUT2D eigenvalue weighted by atomic mass is 35.5. The average molecular weight is 422 g/mol. The van der Waals surface area contributed by atoms with Crippen LogP contribution in [0.3, 0.4) is 0 Å². The zero-order valence-electron chi connectivity index (χ0n) is 14.3. The van der Waals surface area contributed by atoms with E-state index in [0.717, 1.165) is 16.9 Å². The predicted molar refractivity (Wildman–Crippen MR) is 107 cm³/mol. The van der Waals surface area contributed by atoms with Crippen LogP contribution in [0, 0.1) is 6.92 Å². The number of nitrogens with one attached hydrogen (secondary N) is 2. The van der Waals surface area contributed by atoms with Gasteiger partial charge in [0.2, 0.25) is 0 Å². The zero-order chi connectivity index (χ0) is 19.4. The fourth-order valence-electron chi connectivity index (χ4n) is 2.29. The summed E-state index contributed by atoms with van der Waals surface area (Å²) in [7, 11) is -3.75. The van der Waals surface area contributed by atoms with Crippen LogP contribution in [0.15, 0.2) is 59.5 Å². The molecule has 9 heteroatoms. The summed E-state index contributed by atoms with van der Waals surface area (Å²) in [5.41, 5.74) is 1.36. The third-order valence-corrected chi connectivity index (χ3v) is 6.45. The lowest BCUT2D eigenvalue weighted by molar-refractivity contribution is 0.0954. The van der Waals surface area contributed by atoms with E-state index in [1.807, 2.05) is 12.1 Å². The van der Waals surface area contributed by atoms with Crippen LogP contribution in [0.25, 0.3) is 0 Å². The number of hydrogen-bond acceptors (Lipinski definition) is 5. The number of thiazole rings is 1. The molecule has 0 aliphatic rings. The maximum absolute atomic E-state index is 12.4. The van der Waals surface area contributed by atoms with Crippen LogP contribution < -0.4 is 10.0 Å². The Bertz CT molecular complexity index is 1050. The molecule has 140 valence electrons. The van der Waals surface area contributed by atoms with Gasteiger partial charge in [0.05, 0.1) is 10.6 Å². The topological polar surface area (TPSA) is 88.2 Å². The number of sulfonamides is 1. The molecule has 0 saturated carbocycles. The Kier molecular flexibility index (Phi) is 5.79. The summed E-state index contributed by atoms with van der Waals surface area (Å²) < 4.78 is 27.2. The van der Waals surface area contributed by atoms with Crippen molar-refractivity contribution in [3.8, 4) is 0 Å². The van der Waals surface area contributed by atoms with Gasteiger partial charge in [0.25, 0.3) is 15.9 Å². The van der Waals surface area contributed by atoms with Crippen LogP contribution in [0.4, 0.5) is 5.13 Å². The molecule has 27 heavy (non-hydrogen) atoms. The normalized spacial score (nSPS) is 11.2. The summed E-state index contributed by atoms with van der Waals surface area (Å²) >= 11 is 6.83. The summed E-state index contributed by atoms with van der Waals surface area (Å²) in [6.45, 7) is 1.99. The van der Waals surface area contributed by atoms with Crippen LogP contribution in [-0.2, 0) is 16.6 Å². The van der Waals surface area contributed by atoms with Gasteiger partial charge in [-0.1, -0.05) is 53.3 Å². The van der Waals surface area contributed by atoms with Crippen LogP contribution in [0.5, 0.6) is 0 Å². The molecule has 1 heterocycles. The second-order valence-corrected chi connectivity index (χ2v) is 8.78. The number of halogens is 1. The van der Waals surface area contributed by atoms with Gasteiger partial charge in [-0.15, -0.1) is 0 Å². The van der Waals surface area contributed by atoms with Crippen molar-refractivity contribution in [2.24, 2.45) is 0 Å². The van der Waals surface area contributed by atoms with Crippen LogP contribution in [0.2, 0.25) is 5.02 Å². The molecule has 0 bridgehead atoms. The second kappa shape index (κ2) is 8.08. The number of benzene rings is 2. The van der Waals surface area contributed by atoms with Gasteiger partial charge in [0, 0.05) is 11.6 Å². The number of hydrogen-bond donors (Lipinski definition) is 2. The minimum absolute atomic E-state index is 0.131. The standard InChI is InChI=1S/C18H16ClN3O3S2/c1-12-16(17(23)20-11-13-7-9-14(19)10-8-13)26-18(21-12)22-27(24,25)15-5-3-2-4-6-15/h2-10H,11H2,1H3,(H,20,23)(H,21,22). The highest BCUT2D eigenvalue weighted by Gasteiger charge is 2.20. The van der Waals surface area contributed by atoms with Crippen LogP contribution in [0.1, 0.15) is 20.9 Å². The smallest absolute Gasteiger partial charge is 0.263 e. The van der Waals surface area contributed by atoms with Crippen molar-refractivity contribution < 1.29 is 13.2 Å². The molecule has 0 aliphatic carbocycles. The van der Waals surface area contributed by atoms with Gasteiger partial charge in [-0.25, -0.2) is 13.4 Å². The summed E-state index contributed by atoms with van der Waals surface area (Å²) in [6, 6.07) is 15.1. The van der Waals surface area contributed by atoms with E-state index in [-0.39, 0.29) is 15.9 Å². The van der Waals surface area contributed by atoms with Gasteiger partial charge in [0.15, 0.2) is 5.13 Å². The quantitative estimate of drug-likeness (QED) is 0.633. The molecule has 0 atom stereocenters. The zero-order valence-corrected chi connectivity index (χ0v) is 16.7. The van der Waals surface area contributed by atoms with E-state index in [1.165, 1.54) is 12.1 Å². The molecule has 0 aliphatic heterocycles. The van der Waals surface area contributed by atoms with Gasteiger partial charge in [-0.3, -0.25) is 9.52 Å². The largest absolute Gasteiger partial charge is 0.347 e. The Labute approximate surface area is 166 Å². The highest BCUT2D eigenvalue weighted by molar-refractivity contribution is 7.93. The Hall–Kier alpha value is -2.42. The van der Waals surface area contributed by atoms with E-state index in [0.29, 0.717) is 22.1 Å². The van der Waals surface area contributed by atoms with E-state index >= 15 is 0 Å². The Morgan fingerprint density at radius 1 is 1.11 bits per heavy atom. The summed E-state index contributed by atoms with van der Waals surface area (Å²) in [5, 5.41) is 3.56. The van der Waals surface area contributed by atoms with Crippen molar-refractivity contribution in [2.75, 3.05) is 4.72 Å². The molecule has 1 aromatic heterocycles. The lowest BCUT2D eigenvalue weighted by Crippen LogP contribution is -2.22. The monoisotopic (exact) mass is 421 g/mol. The highest BCUT2D eigenvalue weighted by Crippen LogP contribution is 2.25. The number of nitrogens with zero attached hydrogens (tertiary/aromatic N) is 1. The molecule has 6 nitrogen and oxygen atoms in total. The van der Waals surface area contributed by atoms with Crippen molar-refractivity contribution >= 4 is 44.0 Å². The minimum Gasteiger partial charge on any atom is -0.347 e. The van der Waals surface area contributed by atoms with Gasteiger partial charge < -0.3 is 5.32 Å². The molecule has 0 spiro atoms. The van der Waals surface area contributed by atoms with Gasteiger partial charge in [0.1, 0.15) is 4.88 Å². The molecular formula is C18H16ClN3O3S2. The summed E-state index contributed by atoms with van der Waals surface area (Å²) in [4.78, 5) is 17.1. The SMILES string of the molecule is Cc1nc(NS(=O)(=O)c2ccccc2)sc1C(=O)NCc1ccc(Cl)cc1. The Balaban J connectivity index is 1.70. The number of carbonyl (C=O) groups excluding carboxylic acids is 1. The van der Waals surface area contributed by atoms with E-state index < -0.39 is 10.0 Å². The van der Waals surface area contributed by atoms with Gasteiger partial charge in [-0.2, -0.15) is 0 Å². The molecule has 0 unspecified atom stereocenters. The van der Waals surface area contributed by atoms with Crippen LogP contribution in [-0.4, -0.2) is 19.3 Å². The molecule has 2 N–H and O–H groups in total. The first-order valence-corrected chi connectivity index (χ1v) is 10.6. The Morgan fingerprint density at radius 2 is 1.78 bits per heavy atom. The molecule has 2 aromatic carbocycles. The third kappa shape index (κ3) is 4.85. The van der Waals surface area contributed by atoms with Crippen molar-refractivity contribution in [2.45, 2.75) is 18.4 Å². The first-order valence-electron chi connectivity index (χ1n) is 7.93. The number of carbonyl (C=O) groups is 1. The van der Waals surface area contributed by atoms with E-state index in [9.17, 15) is 13.2 Å². The number of rotatable bonds is 6. The van der Waals surface area contributed by atoms with Crippen LogP contribution >= 0.6 is 22.9 Å². The number of aromatic nitrogens is 1. The minimum atomic E-state index is -3.75. The van der Waals surface area contributed by atoms with Crippen molar-refractivity contribution in [1.29, 1.82) is 0 Å². The van der Waals surface area contributed by atoms with E-state index in [2.05, 4.69) is 15.0 Å². The molecule has 0 fully saturated rings. The predicted octanol–water partition coefficient (Wildman–Crippen LogP) is 3.84. The fourth-order valence-corrected chi connectivity index (χ4v) is 4.55. The van der Waals surface area contributed by atoms with E-state index in [1.54, 1.807) is 37.3 Å². The first-order chi connectivity index (χ1) is 12.8. The lowest BCUT2D eigenvalue weighted by atomic mass is 10.2. The Morgan fingerprint density at radius 3 is 2.44 bits per heavy atom. The first kappa shape index (κ1) is 19.3. The fraction of sp³-hybridized carbons (Fsp3) is 0.111. The van der Waals surface area contributed by atoms with E-state index in [4.69, 9.17) is 11.6 Å². The molecule has 1 amide bonds. The molecule has 0 saturated heterocycles. The maximum atomic E-state index is 12.4. The molecule has 3 aromatic rings. The van der Waals surface area contributed by atoms with Crippen molar-refractivity contribution in [3.63, 3.8) is 0 Å². The second-order valence-electron chi connectivity index (χ2n) is 5.66. The number of aryl methyl sites for hydroxylation is 1. The summed E-state index contributed by atoms with van der Waals surface area (Å²) in [5.74, 6) is -0.315. The summed E-state index contributed by atoms with van der Waals surface area (Å²) in [6.07, 6.45) is 0. The maximum Gasteiger partial charge on any atom is 0.263 e. The molecular weight excluding hydrogens is 406 g/mol. The third-order valence-electron chi connectivity index (χ3n) is 3.64. The van der Waals surface area contributed by atoms with Gasteiger partial charge >= 0.3 is 0 Å². The van der Waals surface area contributed by atoms with Gasteiger partial charge in [-0.05, 0) is 36.8 Å². The molecule has 3 rings (SSSR count). The molecule has 0 radical (unpaired) electrons. The number of anilines is 1. The van der Waals surface area contributed by atoms with Crippen molar-refractivity contribution in [3.05, 3.63) is 75.8 Å². The van der Waals surface area contributed by atoms with Crippen molar-refractivity contribution in [1.82, 2.24) is 10.3 Å².